The van der Waals surface area contributed by atoms with E-state index in [9.17, 15) is 10.2 Å². The maximum Gasteiger partial charge on any atom is 0.176 e. The molecule has 6 rings (SSSR count). The van der Waals surface area contributed by atoms with Gasteiger partial charge in [-0.3, -0.25) is 9.97 Å². The first-order valence-corrected chi connectivity index (χ1v) is 14.9. The van der Waals surface area contributed by atoms with Crippen LogP contribution in [0.4, 0.5) is 0 Å². The Morgan fingerprint density at radius 2 is 1.25 bits per heavy atom. The van der Waals surface area contributed by atoms with Crippen LogP contribution in [0.5, 0.6) is 0 Å². The maximum absolute atomic E-state index is 11.4. The predicted octanol–water partition coefficient (Wildman–Crippen LogP) is 0.430. The monoisotopic (exact) mass is 604 g/mol. The lowest BCUT2D eigenvalue weighted by Gasteiger charge is -2.47. The summed E-state index contributed by atoms with van der Waals surface area (Å²) in [6, 6.07) is 21.1. The van der Waals surface area contributed by atoms with Gasteiger partial charge in [0.15, 0.2) is 6.29 Å². The molecule has 0 amide bonds. The van der Waals surface area contributed by atoms with Crippen molar-refractivity contribution in [3.05, 3.63) is 84.2 Å². The molecular formula is C32H40N6O6. The molecule has 1 saturated heterocycles. The summed E-state index contributed by atoms with van der Waals surface area (Å²) in [4.78, 5) is 9.28. The van der Waals surface area contributed by atoms with Crippen molar-refractivity contribution >= 4 is 21.8 Å². The van der Waals surface area contributed by atoms with E-state index < -0.39 is 61.0 Å². The number of benzene rings is 2. The zero-order chi connectivity index (χ0) is 30.8. The largest absolute Gasteiger partial charge is 0.388 e. The van der Waals surface area contributed by atoms with E-state index in [0.29, 0.717) is 17.8 Å². The SMILES string of the molecule is NC[C@H]1O[C@H](O[C@H]2[C@H](O)[C@@H](OCc3ccc4ccccc4n3)[C@H](N)C[C@@H]2N)[C@H](N)[C@@H](OCc2ccc3ccccc3n2)[C@@H]1O. The van der Waals surface area contributed by atoms with Crippen molar-refractivity contribution in [2.45, 2.75) is 80.7 Å². The quantitative estimate of drug-likeness (QED) is 0.154. The average Bonchev–Trinajstić information content (AvgIpc) is 3.03. The van der Waals surface area contributed by atoms with Gasteiger partial charge in [-0.25, -0.2) is 0 Å². The molecule has 2 aromatic carbocycles. The van der Waals surface area contributed by atoms with Gasteiger partial charge in [-0.1, -0.05) is 48.5 Å². The summed E-state index contributed by atoms with van der Waals surface area (Å²) in [7, 11) is 0. The van der Waals surface area contributed by atoms with E-state index in [2.05, 4.69) is 9.97 Å². The molecule has 2 aliphatic rings. The van der Waals surface area contributed by atoms with Gasteiger partial charge in [-0.2, -0.15) is 0 Å². The van der Waals surface area contributed by atoms with Crippen molar-refractivity contribution in [2.75, 3.05) is 6.54 Å². The number of pyridine rings is 2. The molecule has 234 valence electrons. The van der Waals surface area contributed by atoms with Crippen LogP contribution in [0.2, 0.25) is 0 Å². The summed E-state index contributed by atoms with van der Waals surface area (Å²) < 4.78 is 24.4. The summed E-state index contributed by atoms with van der Waals surface area (Å²) in [5.41, 5.74) is 28.3. The van der Waals surface area contributed by atoms with Crippen LogP contribution in [0, 0.1) is 0 Å². The first-order valence-electron chi connectivity index (χ1n) is 14.9. The van der Waals surface area contributed by atoms with E-state index >= 15 is 0 Å². The van der Waals surface area contributed by atoms with E-state index in [-0.39, 0.29) is 19.8 Å². The molecule has 10 N–H and O–H groups in total. The van der Waals surface area contributed by atoms with Crippen molar-refractivity contribution in [1.82, 2.24) is 9.97 Å². The average molecular weight is 605 g/mol. The number of para-hydroxylation sites is 2. The summed E-state index contributed by atoms with van der Waals surface area (Å²) in [5.74, 6) is 0. The number of hydrogen-bond acceptors (Lipinski definition) is 12. The van der Waals surface area contributed by atoms with Gasteiger partial charge in [-0.05, 0) is 30.7 Å². The Morgan fingerprint density at radius 1 is 0.705 bits per heavy atom. The van der Waals surface area contributed by atoms with Crippen LogP contribution in [-0.4, -0.2) is 87.8 Å². The van der Waals surface area contributed by atoms with Crippen LogP contribution in [0.15, 0.2) is 72.8 Å². The lowest BCUT2D eigenvalue weighted by Crippen LogP contribution is -2.68. The van der Waals surface area contributed by atoms with E-state index in [0.717, 1.165) is 21.8 Å². The Balaban J connectivity index is 1.13. The van der Waals surface area contributed by atoms with Gasteiger partial charge in [0.2, 0.25) is 0 Å². The first-order chi connectivity index (χ1) is 21.3. The molecule has 44 heavy (non-hydrogen) atoms. The topological polar surface area (TPSA) is 207 Å². The lowest BCUT2D eigenvalue weighted by atomic mass is 9.84. The van der Waals surface area contributed by atoms with Gasteiger partial charge in [0.1, 0.15) is 36.6 Å². The second kappa shape index (κ2) is 13.5. The zero-order valence-corrected chi connectivity index (χ0v) is 24.3. The van der Waals surface area contributed by atoms with E-state index in [1.807, 2.05) is 72.8 Å². The number of ether oxygens (including phenoxy) is 4. The maximum atomic E-state index is 11.4. The van der Waals surface area contributed by atoms with Gasteiger partial charge < -0.3 is 52.1 Å². The number of hydrogen-bond donors (Lipinski definition) is 6. The minimum atomic E-state index is -1.19. The van der Waals surface area contributed by atoms with Gasteiger partial charge in [0.05, 0.1) is 41.7 Å². The molecule has 10 atom stereocenters. The lowest BCUT2D eigenvalue weighted by molar-refractivity contribution is -0.295. The fraction of sp³-hybridized carbons (Fsp3) is 0.438. The van der Waals surface area contributed by atoms with Crippen molar-refractivity contribution in [3.63, 3.8) is 0 Å². The number of aliphatic hydroxyl groups excluding tert-OH is 2. The highest BCUT2D eigenvalue weighted by Crippen LogP contribution is 2.30. The van der Waals surface area contributed by atoms with Crippen LogP contribution >= 0.6 is 0 Å². The molecule has 1 aliphatic carbocycles. The molecule has 0 radical (unpaired) electrons. The first kappa shape index (κ1) is 30.9. The highest BCUT2D eigenvalue weighted by molar-refractivity contribution is 5.79. The molecule has 2 aromatic heterocycles. The third kappa shape index (κ3) is 6.46. The molecule has 1 aliphatic heterocycles. The molecular weight excluding hydrogens is 564 g/mol. The second-order valence-electron chi connectivity index (χ2n) is 11.5. The summed E-state index contributed by atoms with van der Waals surface area (Å²) in [6.45, 7) is 0.238. The minimum absolute atomic E-state index is 0.00350. The number of nitrogens with two attached hydrogens (primary N) is 4. The summed E-state index contributed by atoms with van der Waals surface area (Å²) in [5, 5.41) is 24.4. The van der Waals surface area contributed by atoms with Crippen LogP contribution < -0.4 is 22.9 Å². The van der Waals surface area contributed by atoms with E-state index in [1.54, 1.807) is 0 Å². The van der Waals surface area contributed by atoms with Crippen LogP contribution in [0.3, 0.4) is 0 Å². The zero-order valence-electron chi connectivity index (χ0n) is 24.3. The predicted molar refractivity (Wildman–Crippen MR) is 164 cm³/mol. The Hall–Kier alpha value is -3.14. The van der Waals surface area contributed by atoms with Crippen molar-refractivity contribution in [2.24, 2.45) is 22.9 Å². The van der Waals surface area contributed by atoms with Gasteiger partial charge in [0, 0.05) is 29.4 Å². The number of fused-ring (bicyclic) bond motifs is 2. The molecule has 2 fully saturated rings. The number of aliphatic hydroxyl groups is 2. The van der Waals surface area contributed by atoms with E-state index in [1.165, 1.54) is 0 Å². The van der Waals surface area contributed by atoms with Gasteiger partial charge in [-0.15, -0.1) is 0 Å². The molecule has 0 unspecified atom stereocenters. The normalized spacial score (nSPS) is 32.7. The number of nitrogens with zero attached hydrogens (tertiary/aromatic N) is 2. The Labute approximate surface area is 255 Å². The molecule has 4 aromatic rings. The summed E-state index contributed by atoms with van der Waals surface area (Å²) >= 11 is 0. The van der Waals surface area contributed by atoms with Gasteiger partial charge in [0.25, 0.3) is 0 Å². The molecule has 12 nitrogen and oxygen atoms in total. The van der Waals surface area contributed by atoms with Crippen LogP contribution in [-0.2, 0) is 32.2 Å². The smallest absolute Gasteiger partial charge is 0.176 e. The summed E-state index contributed by atoms with van der Waals surface area (Å²) in [6.07, 6.45) is -6.46. The third-order valence-electron chi connectivity index (χ3n) is 8.46. The highest BCUT2D eigenvalue weighted by Gasteiger charge is 2.49. The van der Waals surface area contributed by atoms with Crippen molar-refractivity contribution in [3.8, 4) is 0 Å². The van der Waals surface area contributed by atoms with Crippen LogP contribution in [0.1, 0.15) is 17.8 Å². The van der Waals surface area contributed by atoms with Gasteiger partial charge >= 0.3 is 0 Å². The Kier molecular flexibility index (Phi) is 9.45. The molecule has 12 heteroatoms. The fourth-order valence-corrected chi connectivity index (χ4v) is 6.04. The molecule has 3 heterocycles. The second-order valence-corrected chi connectivity index (χ2v) is 11.5. The Morgan fingerprint density at radius 3 is 1.84 bits per heavy atom. The van der Waals surface area contributed by atoms with Crippen LogP contribution in [0.25, 0.3) is 21.8 Å². The third-order valence-corrected chi connectivity index (χ3v) is 8.46. The standard InChI is InChI=1S/C32H40N6O6/c33-14-25-27(39)31(42-16-20-12-10-18-6-2-4-8-24(18)38-20)26(36)32(43-25)44-30-22(35)13-21(34)29(28(30)40)41-15-19-11-9-17-5-1-3-7-23(17)37-19/h1-12,21-22,25-32,39-40H,13-16,33-36H2/t21-,22+,25-,26-,27-,28-,29+,30-,31-,32-/m1/s1. The van der Waals surface area contributed by atoms with E-state index in [4.69, 9.17) is 41.9 Å². The fourth-order valence-electron chi connectivity index (χ4n) is 6.04. The number of rotatable bonds is 9. The highest BCUT2D eigenvalue weighted by atomic mass is 16.7. The minimum Gasteiger partial charge on any atom is -0.388 e. The van der Waals surface area contributed by atoms with Crippen molar-refractivity contribution in [1.29, 1.82) is 0 Å². The molecule has 1 saturated carbocycles. The number of aromatic nitrogens is 2. The molecule has 0 bridgehead atoms. The Bertz CT molecular complexity index is 1560. The molecule has 0 spiro atoms. The van der Waals surface area contributed by atoms with Crippen molar-refractivity contribution < 1.29 is 29.2 Å².